The van der Waals surface area contributed by atoms with E-state index in [0.717, 1.165) is 18.0 Å². The van der Waals surface area contributed by atoms with E-state index < -0.39 is 0 Å². The van der Waals surface area contributed by atoms with E-state index in [1.807, 2.05) is 23.9 Å². The number of nitrogens with one attached hydrogen (secondary N) is 2. The minimum atomic E-state index is -0.0384. The molecule has 1 amide bonds. The minimum Gasteiger partial charge on any atom is -0.486 e. The maximum Gasteiger partial charge on any atom is 0.238 e. The van der Waals surface area contributed by atoms with Gasteiger partial charge in [-0.05, 0) is 31.2 Å². The Balaban J connectivity index is 1.48. The highest BCUT2D eigenvalue weighted by atomic mass is 32.2. The normalized spacial score (nSPS) is 18.1. The maximum absolute atomic E-state index is 11.9. The van der Waals surface area contributed by atoms with E-state index >= 15 is 0 Å². The molecule has 1 heterocycles. The van der Waals surface area contributed by atoms with Crippen molar-refractivity contribution in [3.05, 3.63) is 18.2 Å². The van der Waals surface area contributed by atoms with Gasteiger partial charge in [-0.2, -0.15) is 11.8 Å². The van der Waals surface area contributed by atoms with Crippen LogP contribution in [-0.2, 0) is 4.79 Å². The molecule has 5 nitrogen and oxygen atoms in total. The topological polar surface area (TPSA) is 59.6 Å². The molecule has 0 aromatic heterocycles. The van der Waals surface area contributed by atoms with Crippen LogP contribution in [0.2, 0.25) is 0 Å². The second-order valence-corrected chi connectivity index (χ2v) is 6.67. The van der Waals surface area contributed by atoms with E-state index in [1.54, 1.807) is 6.07 Å². The smallest absolute Gasteiger partial charge is 0.238 e. The van der Waals surface area contributed by atoms with E-state index in [4.69, 9.17) is 9.47 Å². The van der Waals surface area contributed by atoms with Gasteiger partial charge in [0, 0.05) is 23.0 Å². The Kier molecular flexibility index (Phi) is 4.26. The third-order valence-electron chi connectivity index (χ3n) is 3.80. The first-order valence-electron chi connectivity index (χ1n) is 7.16. The first kappa shape index (κ1) is 14.5. The molecule has 1 saturated carbocycles. The van der Waals surface area contributed by atoms with Crippen LogP contribution in [0.4, 0.5) is 5.69 Å². The minimum absolute atomic E-state index is 0.0384. The van der Waals surface area contributed by atoms with E-state index in [2.05, 4.69) is 16.9 Å². The Bertz CT molecular complexity index is 532. The number of fused-ring (bicyclic) bond motifs is 1. The van der Waals surface area contributed by atoms with Gasteiger partial charge in [0.1, 0.15) is 13.2 Å². The van der Waals surface area contributed by atoms with Crippen LogP contribution >= 0.6 is 11.8 Å². The zero-order chi connectivity index (χ0) is 14.7. The molecule has 2 aliphatic rings. The van der Waals surface area contributed by atoms with Crippen LogP contribution in [0, 0.1) is 0 Å². The number of hydrogen-bond acceptors (Lipinski definition) is 5. The second-order valence-electron chi connectivity index (χ2n) is 5.40. The molecule has 0 radical (unpaired) electrons. The molecule has 1 fully saturated rings. The van der Waals surface area contributed by atoms with Gasteiger partial charge in [-0.3, -0.25) is 4.79 Å². The number of rotatable bonds is 6. The van der Waals surface area contributed by atoms with Gasteiger partial charge < -0.3 is 20.1 Å². The highest BCUT2D eigenvalue weighted by molar-refractivity contribution is 8.00. The lowest BCUT2D eigenvalue weighted by molar-refractivity contribution is -0.115. The summed E-state index contributed by atoms with van der Waals surface area (Å²) >= 11 is 1.88. The van der Waals surface area contributed by atoms with Gasteiger partial charge >= 0.3 is 0 Å². The van der Waals surface area contributed by atoms with Gasteiger partial charge in [0.25, 0.3) is 0 Å². The van der Waals surface area contributed by atoms with Crippen LogP contribution in [0.25, 0.3) is 0 Å². The number of hydrogen-bond donors (Lipinski definition) is 2. The van der Waals surface area contributed by atoms with Gasteiger partial charge in [-0.1, -0.05) is 0 Å². The van der Waals surface area contributed by atoms with Gasteiger partial charge in [-0.25, -0.2) is 0 Å². The standard InChI is InChI=1S/C15H20N2O3S/c1-21-15(4-5-15)10-16-9-14(18)17-11-2-3-12-13(8-11)20-7-6-19-12/h2-3,8,16H,4-7,9-10H2,1H3,(H,17,18). The van der Waals surface area contributed by atoms with E-state index in [9.17, 15) is 4.79 Å². The molecule has 2 N–H and O–H groups in total. The molecular formula is C15H20N2O3S. The Labute approximate surface area is 128 Å². The zero-order valence-electron chi connectivity index (χ0n) is 12.1. The number of benzene rings is 1. The van der Waals surface area contributed by atoms with Gasteiger partial charge in [0.15, 0.2) is 11.5 Å². The molecular weight excluding hydrogens is 288 g/mol. The summed E-state index contributed by atoms with van der Waals surface area (Å²) in [6.07, 6.45) is 4.61. The van der Waals surface area contributed by atoms with Crippen molar-refractivity contribution in [3.8, 4) is 11.5 Å². The fraction of sp³-hybridized carbons (Fsp3) is 0.533. The summed E-state index contributed by atoms with van der Waals surface area (Å²) in [6, 6.07) is 5.46. The first-order valence-corrected chi connectivity index (χ1v) is 8.39. The lowest BCUT2D eigenvalue weighted by atomic mass is 10.2. The van der Waals surface area contributed by atoms with E-state index in [-0.39, 0.29) is 5.91 Å². The molecule has 114 valence electrons. The molecule has 0 atom stereocenters. The largest absolute Gasteiger partial charge is 0.486 e. The molecule has 0 bridgehead atoms. The summed E-state index contributed by atoms with van der Waals surface area (Å²) in [5, 5.41) is 6.11. The van der Waals surface area contributed by atoms with Crippen molar-refractivity contribution in [2.24, 2.45) is 0 Å². The predicted molar refractivity (Wildman–Crippen MR) is 84.4 cm³/mol. The highest BCUT2D eigenvalue weighted by Crippen LogP contribution is 2.46. The SMILES string of the molecule is CSC1(CNCC(=O)Nc2ccc3c(c2)OCCO3)CC1. The molecule has 21 heavy (non-hydrogen) atoms. The number of carbonyl (C=O) groups excluding carboxylic acids is 1. The highest BCUT2D eigenvalue weighted by Gasteiger charge is 2.41. The molecule has 0 unspecified atom stereocenters. The summed E-state index contributed by atoms with van der Waals surface area (Å²) in [5.74, 6) is 1.38. The third kappa shape index (κ3) is 3.63. The quantitative estimate of drug-likeness (QED) is 0.840. The number of thioether (sulfide) groups is 1. The van der Waals surface area contributed by atoms with Crippen LogP contribution in [0.3, 0.4) is 0 Å². The Morgan fingerprint density at radius 3 is 2.76 bits per heavy atom. The molecule has 1 aromatic carbocycles. The molecule has 6 heteroatoms. The monoisotopic (exact) mass is 308 g/mol. The fourth-order valence-corrected chi connectivity index (χ4v) is 3.08. The van der Waals surface area contributed by atoms with E-state index in [0.29, 0.717) is 30.3 Å². The van der Waals surface area contributed by atoms with Crippen molar-refractivity contribution in [2.45, 2.75) is 17.6 Å². The molecule has 1 aliphatic heterocycles. The van der Waals surface area contributed by atoms with Crippen LogP contribution in [0.15, 0.2) is 18.2 Å². The summed E-state index contributed by atoms with van der Waals surface area (Å²) in [5.41, 5.74) is 0.733. The zero-order valence-corrected chi connectivity index (χ0v) is 12.9. The van der Waals surface area contributed by atoms with Crippen LogP contribution < -0.4 is 20.1 Å². The van der Waals surface area contributed by atoms with Crippen LogP contribution in [0.1, 0.15) is 12.8 Å². The van der Waals surface area contributed by atoms with Gasteiger partial charge in [-0.15, -0.1) is 0 Å². The Hall–Kier alpha value is -1.40. The van der Waals surface area contributed by atoms with Crippen molar-refractivity contribution < 1.29 is 14.3 Å². The van der Waals surface area contributed by atoms with Crippen molar-refractivity contribution in [3.63, 3.8) is 0 Å². The van der Waals surface area contributed by atoms with Crippen molar-refractivity contribution >= 4 is 23.4 Å². The average Bonchev–Trinajstić information content (AvgIpc) is 3.27. The van der Waals surface area contributed by atoms with E-state index in [1.165, 1.54) is 12.8 Å². The summed E-state index contributed by atoms with van der Waals surface area (Å²) in [6.45, 7) is 2.34. The third-order valence-corrected chi connectivity index (χ3v) is 5.22. The van der Waals surface area contributed by atoms with Crippen molar-refractivity contribution in [2.75, 3.05) is 37.9 Å². The maximum atomic E-state index is 11.9. The average molecular weight is 308 g/mol. The number of ether oxygens (including phenoxy) is 2. The second kappa shape index (κ2) is 6.15. The number of anilines is 1. The lowest BCUT2D eigenvalue weighted by Gasteiger charge is -2.19. The fourth-order valence-electron chi connectivity index (χ4n) is 2.32. The molecule has 1 aliphatic carbocycles. The lowest BCUT2D eigenvalue weighted by Crippen LogP contribution is -2.33. The van der Waals surface area contributed by atoms with Crippen molar-refractivity contribution in [1.29, 1.82) is 0 Å². The van der Waals surface area contributed by atoms with Gasteiger partial charge in [0.05, 0.1) is 6.54 Å². The Morgan fingerprint density at radius 2 is 2.05 bits per heavy atom. The molecule has 0 saturated heterocycles. The molecule has 3 rings (SSSR count). The Morgan fingerprint density at radius 1 is 1.29 bits per heavy atom. The molecule has 1 aromatic rings. The van der Waals surface area contributed by atoms with Crippen molar-refractivity contribution in [1.82, 2.24) is 5.32 Å². The van der Waals surface area contributed by atoms with Crippen LogP contribution in [0.5, 0.6) is 11.5 Å². The van der Waals surface area contributed by atoms with Crippen LogP contribution in [-0.4, -0.2) is 43.2 Å². The first-order chi connectivity index (χ1) is 10.2. The summed E-state index contributed by atoms with van der Waals surface area (Å²) in [4.78, 5) is 11.9. The number of carbonyl (C=O) groups is 1. The summed E-state index contributed by atoms with van der Waals surface area (Å²) in [7, 11) is 0. The predicted octanol–water partition coefficient (Wildman–Crippen LogP) is 1.88. The van der Waals surface area contributed by atoms with Gasteiger partial charge in [0.2, 0.25) is 5.91 Å². The number of amides is 1. The summed E-state index contributed by atoms with van der Waals surface area (Å²) < 4.78 is 11.3. The molecule has 0 spiro atoms.